The van der Waals surface area contributed by atoms with Gasteiger partial charge in [-0.2, -0.15) is 0 Å². The molecule has 0 radical (unpaired) electrons. The first-order chi connectivity index (χ1) is 6.79. The lowest BCUT2D eigenvalue weighted by Crippen LogP contribution is -2.35. The van der Waals surface area contributed by atoms with E-state index in [4.69, 9.17) is 16.2 Å². The summed E-state index contributed by atoms with van der Waals surface area (Å²) in [7, 11) is 0. The van der Waals surface area contributed by atoms with Crippen LogP contribution in [0.2, 0.25) is 0 Å². The second-order valence-corrected chi connectivity index (χ2v) is 3.43. The highest BCUT2D eigenvalue weighted by Crippen LogP contribution is 2.26. The molecule has 4 heteroatoms. The summed E-state index contributed by atoms with van der Waals surface area (Å²) in [6, 6.07) is 5.88. The number of nitrogens with one attached hydrogen (secondary N) is 1. The fourth-order valence-electron chi connectivity index (χ4n) is 1.67. The lowest BCUT2D eigenvalue weighted by molar-refractivity contribution is 0.0771. The summed E-state index contributed by atoms with van der Waals surface area (Å²) in [5, 5.41) is 3.34. The molecule has 0 aromatic heterocycles. The molecule has 1 atom stereocenters. The number of morpholine rings is 1. The van der Waals surface area contributed by atoms with Gasteiger partial charge in [0.1, 0.15) is 0 Å². The van der Waals surface area contributed by atoms with E-state index in [0.29, 0.717) is 18.0 Å². The molecule has 5 N–H and O–H groups in total. The maximum atomic E-state index is 5.89. The van der Waals surface area contributed by atoms with E-state index in [9.17, 15) is 0 Å². The van der Waals surface area contributed by atoms with Crippen LogP contribution in [0, 0.1) is 0 Å². The molecule has 0 spiro atoms. The van der Waals surface area contributed by atoms with Crippen molar-refractivity contribution in [1.82, 2.24) is 5.32 Å². The molecule has 4 nitrogen and oxygen atoms in total. The third-order valence-corrected chi connectivity index (χ3v) is 2.47. The average molecular weight is 193 g/mol. The van der Waals surface area contributed by atoms with Gasteiger partial charge in [0.15, 0.2) is 0 Å². The molecule has 1 fully saturated rings. The first-order valence-corrected chi connectivity index (χ1v) is 4.74. The third-order valence-electron chi connectivity index (χ3n) is 2.47. The number of hydrogen-bond acceptors (Lipinski definition) is 4. The molecular formula is C10H15N3O. The number of nitrogen functional groups attached to an aromatic ring is 2. The van der Waals surface area contributed by atoms with Gasteiger partial charge in [-0.05, 0) is 11.6 Å². The Kier molecular flexibility index (Phi) is 2.56. The van der Waals surface area contributed by atoms with E-state index in [0.717, 1.165) is 18.7 Å². The van der Waals surface area contributed by atoms with Crippen LogP contribution in [0.1, 0.15) is 11.6 Å². The minimum atomic E-state index is 0.173. The van der Waals surface area contributed by atoms with Crippen LogP contribution < -0.4 is 16.8 Å². The summed E-state index contributed by atoms with van der Waals surface area (Å²) in [5.74, 6) is 0. The standard InChI is InChI=1S/C10H15N3O/c11-8-3-1-2-7(10(8)12)9-6-14-5-4-13-9/h1-3,9,13H,4-6,11-12H2/t9-/m1/s1. The molecule has 0 unspecified atom stereocenters. The second kappa shape index (κ2) is 3.86. The van der Waals surface area contributed by atoms with Gasteiger partial charge < -0.3 is 21.5 Å². The number of rotatable bonds is 1. The van der Waals surface area contributed by atoms with Crippen molar-refractivity contribution in [2.24, 2.45) is 0 Å². The Morgan fingerprint density at radius 3 is 2.93 bits per heavy atom. The van der Waals surface area contributed by atoms with E-state index in [1.165, 1.54) is 0 Å². The van der Waals surface area contributed by atoms with Crippen LogP contribution in [0.3, 0.4) is 0 Å². The molecule has 1 aliphatic heterocycles. The van der Waals surface area contributed by atoms with Crippen LogP contribution in [0.4, 0.5) is 11.4 Å². The van der Waals surface area contributed by atoms with Crippen molar-refractivity contribution in [3.05, 3.63) is 23.8 Å². The quantitative estimate of drug-likeness (QED) is 0.568. The lowest BCUT2D eigenvalue weighted by Gasteiger charge is -2.25. The summed E-state index contributed by atoms with van der Waals surface area (Å²) < 4.78 is 5.37. The zero-order valence-electron chi connectivity index (χ0n) is 7.99. The van der Waals surface area contributed by atoms with Gasteiger partial charge in [-0.25, -0.2) is 0 Å². The van der Waals surface area contributed by atoms with Crippen molar-refractivity contribution in [2.75, 3.05) is 31.2 Å². The van der Waals surface area contributed by atoms with E-state index in [1.54, 1.807) is 0 Å². The number of benzene rings is 1. The normalized spacial score (nSPS) is 22.1. The number of nitrogens with two attached hydrogens (primary N) is 2. The largest absolute Gasteiger partial charge is 0.397 e. The van der Waals surface area contributed by atoms with Crippen LogP contribution in [0.5, 0.6) is 0 Å². The molecule has 76 valence electrons. The molecule has 14 heavy (non-hydrogen) atoms. The number of para-hydroxylation sites is 1. The average Bonchev–Trinajstić information content (AvgIpc) is 2.23. The molecule has 1 aromatic rings. The maximum Gasteiger partial charge on any atom is 0.0662 e. The van der Waals surface area contributed by atoms with Gasteiger partial charge in [0.2, 0.25) is 0 Å². The topological polar surface area (TPSA) is 73.3 Å². The van der Waals surface area contributed by atoms with Crippen molar-refractivity contribution in [1.29, 1.82) is 0 Å². The Balaban J connectivity index is 2.26. The van der Waals surface area contributed by atoms with Gasteiger partial charge in [-0.3, -0.25) is 0 Å². The van der Waals surface area contributed by atoms with E-state index in [1.807, 2.05) is 18.2 Å². The van der Waals surface area contributed by atoms with Crippen LogP contribution in [-0.2, 0) is 4.74 Å². The summed E-state index contributed by atoms with van der Waals surface area (Å²) in [5.41, 5.74) is 14.0. The Morgan fingerprint density at radius 1 is 1.36 bits per heavy atom. The molecule has 1 saturated heterocycles. The lowest BCUT2D eigenvalue weighted by atomic mass is 10.0. The minimum absolute atomic E-state index is 0.173. The molecule has 0 bridgehead atoms. The SMILES string of the molecule is Nc1cccc([C@H]2COCCN2)c1N. The Labute approximate surface area is 83.2 Å². The van der Waals surface area contributed by atoms with Crippen molar-refractivity contribution >= 4 is 11.4 Å². The molecule has 0 aliphatic carbocycles. The van der Waals surface area contributed by atoms with E-state index in [-0.39, 0.29) is 6.04 Å². The summed E-state index contributed by atoms with van der Waals surface area (Å²) in [4.78, 5) is 0. The van der Waals surface area contributed by atoms with Crippen LogP contribution in [-0.4, -0.2) is 19.8 Å². The molecule has 2 rings (SSSR count). The fourth-order valence-corrected chi connectivity index (χ4v) is 1.67. The van der Waals surface area contributed by atoms with Gasteiger partial charge in [-0.1, -0.05) is 12.1 Å². The highest BCUT2D eigenvalue weighted by Gasteiger charge is 2.17. The predicted molar refractivity (Wildman–Crippen MR) is 56.8 cm³/mol. The smallest absolute Gasteiger partial charge is 0.0662 e. The fraction of sp³-hybridized carbons (Fsp3) is 0.400. The van der Waals surface area contributed by atoms with Gasteiger partial charge in [0.25, 0.3) is 0 Å². The van der Waals surface area contributed by atoms with Crippen LogP contribution in [0.25, 0.3) is 0 Å². The molecule has 1 aliphatic rings. The highest BCUT2D eigenvalue weighted by molar-refractivity contribution is 5.67. The van der Waals surface area contributed by atoms with Crippen LogP contribution >= 0.6 is 0 Å². The maximum absolute atomic E-state index is 5.89. The number of ether oxygens (including phenoxy) is 1. The van der Waals surface area contributed by atoms with Crippen LogP contribution in [0.15, 0.2) is 18.2 Å². The van der Waals surface area contributed by atoms with Gasteiger partial charge in [0, 0.05) is 6.54 Å². The van der Waals surface area contributed by atoms with Gasteiger partial charge in [-0.15, -0.1) is 0 Å². The number of hydrogen-bond donors (Lipinski definition) is 3. The van der Waals surface area contributed by atoms with Crippen molar-refractivity contribution in [2.45, 2.75) is 6.04 Å². The summed E-state index contributed by atoms with van der Waals surface area (Å²) in [6.45, 7) is 2.28. The van der Waals surface area contributed by atoms with E-state index >= 15 is 0 Å². The molecule has 0 amide bonds. The zero-order chi connectivity index (χ0) is 9.97. The molecule has 0 saturated carbocycles. The predicted octanol–water partition coefficient (Wildman–Crippen LogP) is 0.512. The first-order valence-electron chi connectivity index (χ1n) is 4.74. The third kappa shape index (κ3) is 1.66. The minimum Gasteiger partial charge on any atom is -0.397 e. The van der Waals surface area contributed by atoms with Crippen molar-refractivity contribution in [3.63, 3.8) is 0 Å². The van der Waals surface area contributed by atoms with Gasteiger partial charge >= 0.3 is 0 Å². The number of anilines is 2. The van der Waals surface area contributed by atoms with Gasteiger partial charge in [0.05, 0.1) is 30.6 Å². The van der Waals surface area contributed by atoms with Crippen molar-refractivity contribution < 1.29 is 4.74 Å². The summed E-state index contributed by atoms with van der Waals surface area (Å²) in [6.07, 6.45) is 0. The molecular weight excluding hydrogens is 178 g/mol. The second-order valence-electron chi connectivity index (χ2n) is 3.43. The molecule has 1 heterocycles. The molecule has 1 aromatic carbocycles. The van der Waals surface area contributed by atoms with E-state index in [2.05, 4.69) is 5.32 Å². The zero-order valence-corrected chi connectivity index (χ0v) is 7.99. The first kappa shape index (κ1) is 9.30. The summed E-state index contributed by atoms with van der Waals surface area (Å²) >= 11 is 0. The van der Waals surface area contributed by atoms with E-state index < -0.39 is 0 Å². The highest BCUT2D eigenvalue weighted by atomic mass is 16.5. The Bertz CT molecular complexity index is 321. The monoisotopic (exact) mass is 193 g/mol. The Morgan fingerprint density at radius 2 is 2.21 bits per heavy atom. The van der Waals surface area contributed by atoms with Crippen molar-refractivity contribution in [3.8, 4) is 0 Å². The Hall–Kier alpha value is -1.26.